The van der Waals surface area contributed by atoms with Gasteiger partial charge < -0.3 is 0 Å². The molecule has 0 spiro atoms. The maximum atomic E-state index is 12.9. The molecule has 1 aromatic heterocycles. The first-order valence-electron chi connectivity index (χ1n) is 10.6. The molecule has 1 aromatic carbocycles. The Hall–Kier alpha value is -1.20. The number of para-hydroxylation sites is 1. The van der Waals surface area contributed by atoms with Crippen LogP contribution in [-0.4, -0.2) is 19.2 Å². The molecule has 2 aliphatic rings. The highest BCUT2D eigenvalue weighted by atomic mass is 32.2. The Labute approximate surface area is 173 Å². The van der Waals surface area contributed by atoms with Gasteiger partial charge in [-0.15, -0.1) is 11.3 Å². The van der Waals surface area contributed by atoms with Crippen LogP contribution in [0, 0.1) is 23.2 Å². The third kappa shape index (κ3) is 3.45. The van der Waals surface area contributed by atoms with E-state index in [2.05, 4.69) is 25.8 Å². The molecular weight excluding hydrogens is 386 g/mol. The number of aromatic nitrogens is 1. The molecule has 4 rings (SSSR count). The van der Waals surface area contributed by atoms with Crippen LogP contribution in [0.2, 0.25) is 0 Å². The number of thiazole rings is 1. The Morgan fingerprint density at radius 2 is 2.11 bits per heavy atom. The average molecular weight is 418 g/mol. The van der Waals surface area contributed by atoms with Gasteiger partial charge in [0.15, 0.2) is 0 Å². The van der Waals surface area contributed by atoms with Crippen molar-refractivity contribution in [3.8, 4) is 0 Å². The molecule has 5 heteroatoms. The predicted molar refractivity (Wildman–Crippen MR) is 117 cm³/mol. The van der Waals surface area contributed by atoms with Crippen molar-refractivity contribution in [2.75, 3.05) is 5.75 Å². The first-order chi connectivity index (χ1) is 13.3. The zero-order valence-corrected chi connectivity index (χ0v) is 18.8. The van der Waals surface area contributed by atoms with Gasteiger partial charge in [0.25, 0.3) is 0 Å². The highest BCUT2D eigenvalue weighted by molar-refractivity contribution is 7.93. The zero-order chi connectivity index (χ0) is 19.9. The number of allylic oxidation sites excluding steroid dienone is 1. The number of rotatable bonds is 5. The Morgan fingerprint density at radius 1 is 1.32 bits per heavy atom. The van der Waals surface area contributed by atoms with Gasteiger partial charge in [-0.2, -0.15) is 0 Å². The molecule has 2 fully saturated rings. The quantitative estimate of drug-likeness (QED) is 0.540. The third-order valence-corrected chi connectivity index (χ3v) is 10.5. The minimum absolute atomic E-state index is 0.0860. The van der Waals surface area contributed by atoms with Gasteiger partial charge in [-0.1, -0.05) is 51.0 Å². The second-order valence-electron chi connectivity index (χ2n) is 8.99. The number of hydrogen-bond acceptors (Lipinski definition) is 4. The van der Waals surface area contributed by atoms with Gasteiger partial charge in [-0.3, -0.25) is 0 Å². The van der Waals surface area contributed by atoms with Crippen LogP contribution in [0.5, 0.6) is 0 Å². The second-order valence-corrected chi connectivity index (χ2v) is 12.2. The molecule has 0 radical (unpaired) electrons. The van der Waals surface area contributed by atoms with E-state index >= 15 is 0 Å². The Kier molecular flexibility index (Phi) is 5.43. The zero-order valence-electron chi connectivity index (χ0n) is 17.1. The van der Waals surface area contributed by atoms with Crippen molar-refractivity contribution in [3.63, 3.8) is 0 Å². The summed E-state index contributed by atoms with van der Waals surface area (Å²) in [5, 5.41) is 0. The summed E-state index contributed by atoms with van der Waals surface area (Å²) in [7, 11) is -3.37. The summed E-state index contributed by atoms with van der Waals surface area (Å²) >= 11 is 1.29. The number of fused-ring (bicyclic) bond motifs is 2. The van der Waals surface area contributed by atoms with Gasteiger partial charge >= 0.3 is 0 Å². The summed E-state index contributed by atoms with van der Waals surface area (Å²) in [5.74, 6) is 2.17. The van der Waals surface area contributed by atoms with Gasteiger partial charge in [0.05, 0.1) is 16.0 Å². The predicted octanol–water partition coefficient (Wildman–Crippen LogP) is 6.26. The normalized spacial score (nSPS) is 30.6. The van der Waals surface area contributed by atoms with Crippen molar-refractivity contribution >= 4 is 31.4 Å². The van der Waals surface area contributed by atoms with Gasteiger partial charge in [-0.25, -0.2) is 13.4 Å². The van der Waals surface area contributed by atoms with E-state index in [1.807, 2.05) is 30.3 Å². The molecule has 4 atom stereocenters. The summed E-state index contributed by atoms with van der Waals surface area (Å²) in [5.41, 5.74) is 2.51. The molecule has 0 unspecified atom stereocenters. The molecule has 1 heterocycles. The number of sulfone groups is 1. The smallest absolute Gasteiger partial charge is 0.210 e. The van der Waals surface area contributed by atoms with Crippen LogP contribution in [0.25, 0.3) is 10.2 Å². The molecule has 0 bridgehead atoms. The monoisotopic (exact) mass is 417 g/mol. The van der Waals surface area contributed by atoms with Crippen LogP contribution < -0.4 is 0 Å². The molecule has 2 aromatic rings. The van der Waals surface area contributed by atoms with E-state index in [1.54, 1.807) is 0 Å². The fourth-order valence-electron chi connectivity index (χ4n) is 5.82. The van der Waals surface area contributed by atoms with E-state index in [0.29, 0.717) is 11.3 Å². The van der Waals surface area contributed by atoms with Crippen LogP contribution in [0.15, 0.2) is 40.3 Å². The highest BCUT2D eigenvalue weighted by Crippen LogP contribution is 2.59. The summed E-state index contributed by atoms with van der Waals surface area (Å²) in [4.78, 5) is 4.38. The average Bonchev–Trinajstić information content (AvgIpc) is 3.27. The van der Waals surface area contributed by atoms with E-state index < -0.39 is 9.84 Å². The maximum absolute atomic E-state index is 12.9. The third-order valence-electron chi connectivity index (χ3n) is 7.47. The molecule has 2 saturated carbocycles. The van der Waals surface area contributed by atoms with E-state index in [-0.39, 0.29) is 10.1 Å². The molecule has 0 amide bonds. The van der Waals surface area contributed by atoms with E-state index in [1.165, 1.54) is 49.0 Å². The minimum atomic E-state index is -3.37. The lowest BCUT2D eigenvalue weighted by atomic mass is 9.61. The van der Waals surface area contributed by atoms with Crippen molar-refractivity contribution in [1.82, 2.24) is 4.98 Å². The standard InChI is InChI=1S/C23H31NO2S2/c1-4-16(2)18-11-12-19-17(8-7-14-23(18,19)3)13-15-28(25,26)22-24-20-9-5-6-10-21(20)27-22/h5-6,9-10,13,16,18-19H,4,7-8,11-12,14-15H2,1-3H3/t16-,18+,19-,23+/m0/s1. The van der Waals surface area contributed by atoms with Crippen LogP contribution in [-0.2, 0) is 9.84 Å². The lowest BCUT2D eigenvalue weighted by Gasteiger charge is -2.44. The fraction of sp³-hybridized carbons (Fsp3) is 0.609. The molecule has 0 N–H and O–H groups in total. The summed E-state index contributed by atoms with van der Waals surface area (Å²) in [6.45, 7) is 7.16. The number of benzene rings is 1. The summed E-state index contributed by atoms with van der Waals surface area (Å²) < 4.78 is 27.1. The SMILES string of the molecule is CC[C@H](C)[C@H]1CC[C@H]2C(=CCS(=O)(=O)c3nc4ccccc4s3)CCC[C@]12C. The lowest BCUT2D eigenvalue weighted by molar-refractivity contribution is 0.0960. The van der Waals surface area contributed by atoms with Crippen molar-refractivity contribution in [2.24, 2.45) is 23.2 Å². The summed E-state index contributed by atoms with van der Waals surface area (Å²) in [6, 6.07) is 7.64. The van der Waals surface area contributed by atoms with Crippen LogP contribution >= 0.6 is 11.3 Å². The van der Waals surface area contributed by atoms with Crippen molar-refractivity contribution < 1.29 is 8.42 Å². The van der Waals surface area contributed by atoms with Crippen molar-refractivity contribution in [1.29, 1.82) is 0 Å². The largest absolute Gasteiger partial charge is 0.225 e. The highest BCUT2D eigenvalue weighted by Gasteiger charge is 2.50. The van der Waals surface area contributed by atoms with Gasteiger partial charge in [-0.05, 0) is 67.4 Å². The van der Waals surface area contributed by atoms with Gasteiger partial charge in [0.2, 0.25) is 14.2 Å². The van der Waals surface area contributed by atoms with Gasteiger partial charge in [0, 0.05) is 0 Å². The number of hydrogen-bond donors (Lipinski definition) is 0. The Morgan fingerprint density at radius 3 is 2.86 bits per heavy atom. The van der Waals surface area contributed by atoms with Crippen LogP contribution in [0.3, 0.4) is 0 Å². The topological polar surface area (TPSA) is 47.0 Å². The molecule has 152 valence electrons. The Bertz CT molecular complexity index is 958. The van der Waals surface area contributed by atoms with Gasteiger partial charge in [0.1, 0.15) is 0 Å². The second kappa shape index (κ2) is 7.56. The molecule has 2 aliphatic carbocycles. The van der Waals surface area contributed by atoms with Crippen LogP contribution in [0.4, 0.5) is 0 Å². The van der Waals surface area contributed by atoms with E-state index in [4.69, 9.17) is 0 Å². The Balaban J connectivity index is 1.57. The van der Waals surface area contributed by atoms with Crippen LogP contribution in [0.1, 0.15) is 59.3 Å². The summed E-state index contributed by atoms with van der Waals surface area (Å²) in [6.07, 6.45) is 9.32. The molecular formula is C23H31NO2S2. The lowest BCUT2D eigenvalue weighted by Crippen LogP contribution is -2.36. The van der Waals surface area contributed by atoms with Crippen molar-refractivity contribution in [3.05, 3.63) is 35.9 Å². The number of nitrogens with zero attached hydrogens (tertiary/aromatic N) is 1. The molecule has 3 nitrogen and oxygen atoms in total. The molecule has 0 aliphatic heterocycles. The maximum Gasteiger partial charge on any atom is 0.210 e. The first kappa shape index (κ1) is 20.1. The fourth-order valence-corrected chi connectivity index (χ4v) is 8.31. The van der Waals surface area contributed by atoms with E-state index in [0.717, 1.165) is 28.5 Å². The first-order valence-corrected chi connectivity index (χ1v) is 13.1. The molecule has 28 heavy (non-hydrogen) atoms. The van der Waals surface area contributed by atoms with Crippen molar-refractivity contribution in [2.45, 2.75) is 63.6 Å². The van der Waals surface area contributed by atoms with E-state index in [9.17, 15) is 8.42 Å². The molecule has 0 saturated heterocycles. The minimum Gasteiger partial charge on any atom is -0.225 e.